The molecule has 0 aliphatic carbocycles. The highest BCUT2D eigenvalue weighted by molar-refractivity contribution is 7.08. The van der Waals surface area contributed by atoms with Crippen molar-refractivity contribution in [2.45, 2.75) is 18.6 Å². The predicted molar refractivity (Wildman–Crippen MR) is 67.8 cm³/mol. The highest BCUT2D eigenvalue weighted by atomic mass is 32.1. The summed E-state index contributed by atoms with van der Waals surface area (Å²) >= 11 is 1.45. The number of rotatable bonds is 4. The fraction of sp³-hybridized carbons (Fsp3) is 0.231. The van der Waals surface area contributed by atoms with Crippen LogP contribution in [0.3, 0.4) is 0 Å². The Morgan fingerprint density at radius 3 is 2.39 bits per heavy atom. The summed E-state index contributed by atoms with van der Waals surface area (Å²) < 4.78 is 37.7. The lowest BCUT2D eigenvalue weighted by atomic mass is 10.0. The van der Waals surface area contributed by atoms with E-state index in [1.54, 1.807) is 41.8 Å². The first-order valence-electron chi connectivity index (χ1n) is 5.45. The fourth-order valence-electron chi connectivity index (χ4n) is 1.72. The van der Waals surface area contributed by atoms with Gasteiger partial charge in [0, 0.05) is 11.1 Å². The van der Waals surface area contributed by atoms with Crippen molar-refractivity contribution in [3.8, 4) is 0 Å². The van der Waals surface area contributed by atoms with Crippen LogP contribution in [0, 0.1) is 0 Å². The molecule has 0 radical (unpaired) electrons. The van der Waals surface area contributed by atoms with Crippen molar-refractivity contribution in [1.82, 2.24) is 0 Å². The van der Waals surface area contributed by atoms with Gasteiger partial charge in [0.25, 0.3) is 0 Å². The van der Waals surface area contributed by atoms with Crippen LogP contribution in [0.25, 0.3) is 0 Å². The van der Waals surface area contributed by atoms with E-state index >= 15 is 0 Å². The van der Waals surface area contributed by atoms with Crippen LogP contribution >= 0.6 is 11.3 Å². The molecule has 0 bridgehead atoms. The van der Waals surface area contributed by atoms with Crippen LogP contribution in [0.5, 0.6) is 0 Å². The molecule has 1 aromatic heterocycles. The molecule has 1 N–H and O–H groups in total. The van der Waals surface area contributed by atoms with Gasteiger partial charge in [0.1, 0.15) is 0 Å². The van der Waals surface area contributed by atoms with Gasteiger partial charge in [0.2, 0.25) is 0 Å². The van der Waals surface area contributed by atoms with E-state index in [1.807, 2.05) is 5.38 Å². The zero-order valence-electron chi connectivity index (χ0n) is 9.45. The zero-order chi connectivity index (χ0) is 13.0. The third kappa shape index (κ3) is 3.77. The Morgan fingerprint density at radius 1 is 1.11 bits per heavy atom. The highest BCUT2D eigenvalue weighted by Gasteiger charge is 2.32. The maximum absolute atomic E-state index is 12.6. The van der Waals surface area contributed by atoms with Crippen LogP contribution in [0.1, 0.15) is 18.0 Å². The Bertz CT molecular complexity index is 465. The number of thiophene rings is 1. The van der Waals surface area contributed by atoms with Crippen LogP contribution in [0.15, 0.2) is 47.2 Å². The lowest BCUT2D eigenvalue weighted by Crippen LogP contribution is -2.19. The molecule has 0 saturated heterocycles. The molecule has 0 fully saturated rings. The Labute approximate surface area is 107 Å². The molecular formula is C13H12F3NS. The van der Waals surface area contributed by atoms with E-state index in [4.69, 9.17) is 0 Å². The van der Waals surface area contributed by atoms with E-state index in [9.17, 15) is 13.2 Å². The number of hydrogen-bond donors (Lipinski definition) is 1. The van der Waals surface area contributed by atoms with Gasteiger partial charge in [-0.2, -0.15) is 24.5 Å². The SMILES string of the molecule is FC(F)(F)CC(Nc1ccsc1)c1ccccc1. The van der Waals surface area contributed by atoms with Crippen molar-refractivity contribution >= 4 is 17.0 Å². The second-order valence-corrected chi connectivity index (χ2v) is 4.72. The van der Waals surface area contributed by atoms with Gasteiger partial charge in [-0.25, -0.2) is 0 Å². The van der Waals surface area contributed by atoms with Crippen LogP contribution in [-0.4, -0.2) is 6.18 Å². The van der Waals surface area contributed by atoms with Crippen LogP contribution in [0.4, 0.5) is 18.9 Å². The molecule has 2 rings (SSSR count). The van der Waals surface area contributed by atoms with E-state index in [1.165, 1.54) is 11.3 Å². The molecule has 0 aliphatic heterocycles. The normalized spacial score (nSPS) is 13.3. The lowest BCUT2D eigenvalue weighted by Gasteiger charge is -2.21. The molecule has 1 atom stereocenters. The molecule has 18 heavy (non-hydrogen) atoms. The third-order valence-corrected chi connectivity index (χ3v) is 3.18. The molecule has 1 heterocycles. The molecule has 1 nitrogen and oxygen atoms in total. The molecule has 0 saturated carbocycles. The van der Waals surface area contributed by atoms with Gasteiger partial charge in [0.15, 0.2) is 0 Å². The van der Waals surface area contributed by atoms with Gasteiger partial charge in [-0.3, -0.25) is 0 Å². The summed E-state index contributed by atoms with van der Waals surface area (Å²) in [5.41, 5.74) is 1.36. The second kappa shape index (κ2) is 5.44. The first-order chi connectivity index (χ1) is 8.54. The average molecular weight is 271 g/mol. The summed E-state index contributed by atoms with van der Waals surface area (Å²) in [6.07, 6.45) is -5.07. The predicted octanol–water partition coefficient (Wildman–Crippen LogP) is 4.85. The second-order valence-electron chi connectivity index (χ2n) is 3.94. The molecule has 0 spiro atoms. The third-order valence-electron chi connectivity index (χ3n) is 2.50. The standard InChI is InChI=1S/C13H12F3NS/c14-13(15,16)8-12(10-4-2-1-3-5-10)17-11-6-7-18-9-11/h1-7,9,12,17H,8H2. The smallest absolute Gasteiger partial charge is 0.377 e. The summed E-state index contributed by atoms with van der Waals surface area (Å²) in [6.45, 7) is 0. The average Bonchev–Trinajstić information content (AvgIpc) is 2.80. The van der Waals surface area contributed by atoms with Crippen molar-refractivity contribution in [3.05, 3.63) is 52.7 Å². The first kappa shape index (κ1) is 13.0. The van der Waals surface area contributed by atoms with Crippen molar-refractivity contribution < 1.29 is 13.2 Å². The Morgan fingerprint density at radius 2 is 1.83 bits per heavy atom. The van der Waals surface area contributed by atoms with E-state index < -0.39 is 18.6 Å². The minimum atomic E-state index is -4.19. The van der Waals surface area contributed by atoms with Gasteiger partial charge in [-0.1, -0.05) is 30.3 Å². The molecule has 0 amide bonds. The number of nitrogens with one attached hydrogen (secondary N) is 1. The van der Waals surface area contributed by atoms with Gasteiger partial charge < -0.3 is 5.32 Å². The number of anilines is 1. The Balaban J connectivity index is 2.18. The molecule has 5 heteroatoms. The quantitative estimate of drug-likeness (QED) is 0.837. The molecular weight excluding hydrogens is 259 g/mol. The van der Waals surface area contributed by atoms with E-state index in [0.717, 1.165) is 5.69 Å². The molecule has 2 aromatic rings. The van der Waals surface area contributed by atoms with Crippen molar-refractivity contribution in [2.75, 3.05) is 5.32 Å². The summed E-state index contributed by atoms with van der Waals surface area (Å²) in [5.74, 6) is 0. The summed E-state index contributed by atoms with van der Waals surface area (Å²) in [5, 5.41) is 6.55. The Hall–Kier alpha value is -1.49. The van der Waals surface area contributed by atoms with Gasteiger partial charge in [0.05, 0.1) is 12.5 Å². The zero-order valence-corrected chi connectivity index (χ0v) is 10.3. The number of hydrogen-bond acceptors (Lipinski definition) is 2. The number of alkyl halides is 3. The van der Waals surface area contributed by atoms with E-state index in [2.05, 4.69) is 5.32 Å². The van der Waals surface area contributed by atoms with Crippen LogP contribution in [0.2, 0.25) is 0 Å². The molecule has 1 aromatic carbocycles. The summed E-state index contributed by atoms with van der Waals surface area (Å²) in [4.78, 5) is 0. The van der Waals surface area contributed by atoms with E-state index in [-0.39, 0.29) is 0 Å². The van der Waals surface area contributed by atoms with Crippen LogP contribution in [-0.2, 0) is 0 Å². The minimum Gasteiger partial charge on any atom is -0.377 e. The van der Waals surface area contributed by atoms with Crippen LogP contribution < -0.4 is 5.32 Å². The van der Waals surface area contributed by atoms with Gasteiger partial charge in [-0.15, -0.1) is 0 Å². The maximum atomic E-state index is 12.6. The fourth-order valence-corrected chi connectivity index (χ4v) is 2.31. The van der Waals surface area contributed by atoms with Gasteiger partial charge in [-0.05, 0) is 17.0 Å². The summed E-state index contributed by atoms with van der Waals surface area (Å²) in [6, 6.07) is 9.71. The largest absolute Gasteiger partial charge is 0.391 e. The highest BCUT2D eigenvalue weighted by Crippen LogP contribution is 2.32. The van der Waals surface area contributed by atoms with Crippen molar-refractivity contribution in [2.24, 2.45) is 0 Å². The maximum Gasteiger partial charge on any atom is 0.391 e. The summed E-state index contributed by atoms with van der Waals surface area (Å²) in [7, 11) is 0. The molecule has 96 valence electrons. The number of benzene rings is 1. The van der Waals surface area contributed by atoms with Crippen molar-refractivity contribution in [1.29, 1.82) is 0 Å². The topological polar surface area (TPSA) is 12.0 Å². The monoisotopic (exact) mass is 271 g/mol. The van der Waals surface area contributed by atoms with E-state index in [0.29, 0.717) is 5.56 Å². The molecule has 1 unspecified atom stereocenters. The van der Waals surface area contributed by atoms with Gasteiger partial charge >= 0.3 is 6.18 Å². The Kier molecular flexibility index (Phi) is 3.91. The first-order valence-corrected chi connectivity index (χ1v) is 6.39. The minimum absolute atomic E-state index is 0.640. The lowest BCUT2D eigenvalue weighted by molar-refractivity contribution is -0.137. The molecule has 0 aliphatic rings. The number of halogens is 3. The van der Waals surface area contributed by atoms with Crippen molar-refractivity contribution in [3.63, 3.8) is 0 Å².